The van der Waals surface area contributed by atoms with Gasteiger partial charge in [0.2, 0.25) is 0 Å². The molecular weight excluding hydrogens is 180 g/mol. The first-order valence-corrected chi connectivity index (χ1v) is 5.97. The molecule has 0 aromatic heterocycles. The molecule has 1 aromatic carbocycles. The maximum absolute atomic E-state index is 11.5. The minimum absolute atomic E-state index is 0.157. The van der Waals surface area contributed by atoms with Gasteiger partial charge in [0.25, 0.3) is 0 Å². The van der Waals surface area contributed by atoms with Crippen LogP contribution in [-0.4, -0.2) is 9.96 Å². The number of hydrogen-bond donors (Lipinski definition) is 0. The maximum atomic E-state index is 11.5. The molecule has 0 amide bonds. The molecule has 2 unspecified atom stereocenters. The molecule has 0 aliphatic rings. The monoisotopic (exact) mass is 196 g/mol. The summed E-state index contributed by atoms with van der Waals surface area (Å²) >= 11 is 0. The number of hydrogen-bond acceptors (Lipinski definition) is 1. The van der Waals surface area contributed by atoms with Crippen molar-refractivity contribution in [3.05, 3.63) is 35.4 Å². The molecule has 0 spiro atoms. The maximum Gasteiger partial charge on any atom is 0.0568 e. The van der Waals surface area contributed by atoms with Gasteiger partial charge in [0.1, 0.15) is 0 Å². The predicted octanol–water partition coefficient (Wildman–Crippen LogP) is 2.82. The molecular formula is C11H16OS. The third-order valence-corrected chi connectivity index (χ3v) is 3.82. The van der Waals surface area contributed by atoms with E-state index in [0.29, 0.717) is 0 Å². The van der Waals surface area contributed by atoms with E-state index in [1.807, 2.05) is 26.0 Å². The second kappa shape index (κ2) is 4.56. The molecule has 2 atom stereocenters. The van der Waals surface area contributed by atoms with E-state index in [4.69, 9.17) is 0 Å². The van der Waals surface area contributed by atoms with Gasteiger partial charge in [-0.3, -0.25) is 4.21 Å². The molecule has 0 aliphatic carbocycles. The summed E-state index contributed by atoms with van der Waals surface area (Å²) in [5, 5.41) is 0.157. The Morgan fingerprint density at radius 1 is 1.46 bits per heavy atom. The molecule has 0 bridgehead atoms. The molecule has 1 aromatic rings. The van der Waals surface area contributed by atoms with Crippen LogP contribution in [0.2, 0.25) is 0 Å². The summed E-state index contributed by atoms with van der Waals surface area (Å²) in [5.74, 6) is 0.731. The minimum Gasteiger partial charge on any atom is -0.259 e. The first-order chi connectivity index (χ1) is 6.15. The molecule has 0 radical (unpaired) electrons. The molecule has 13 heavy (non-hydrogen) atoms. The summed E-state index contributed by atoms with van der Waals surface area (Å²) in [5.41, 5.74) is 2.41. The van der Waals surface area contributed by atoms with Crippen molar-refractivity contribution < 1.29 is 4.21 Å². The Kier molecular flexibility index (Phi) is 3.67. The van der Waals surface area contributed by atoms with E-state index >= 15 is 0 Å². The van der Waals surface area contributed by atoms with Crippen molar-refractivity contribution in [2.75, 3.05) is 5.75 Å². The van der Waals surface area contributed by atoms with Crippen molar-refractivity contribution in [2.24, 2.45) is 0 Å². The zero-order valence-corrected chi connectivity index (χ0v) is 9.23. The van der Waals surface area contributed by atoms with Gasteiger partial charge in [0, 0.05) is 16.6 Å². The normalized spacial score (nSPS) is 15.3. The van der Waals surface area contributed by atoms with Gasteiger partial charge in [-0.1, -0.05) is 36.8 Å². The van der Waals surface area contributed by atoms with E-state index < -0.39 is 10.8 Å². The minimum atomic E-state index is -0.731. The van der Waals surface area contributed by atoms with Crippen LogP contribution < -0.4 is 0 Å². The average molecular weight is 196 g/mol. The standard InChI is InChI=1S/C11H16OS/c1-4-13(12)10(3)11-7-5-6-9(2)8-11/h5-8,10H,4H2,1-3H3. The van der Waals surface area contributed by atoms with Crippen LogP contribution in [-0.2, 0) is 10.8 Å². The van der Waals surface area contributed by atoms with E-state index in [1.54, 1.807) is 0 Å². The average Bonchev–Trinajstić information content (AvgIpc) is 2.15. The molecule has 2 heteroatoms. The van der Waals surface area contributed by atoms with Crippen LogP contribution in [0.25, 0.3) is 0 Å². The molecule has 0 aliphatic heterocycles. The summed E-state index contributed by atoms with van der Waals surface area (Å²) in [6, 6.07) is 8.24. The summed E-state index contributed by atoms with van der Waals surface area (Å²) < 4.78 is 11.5. The lowest BCUT2D eigenvalue weighted by atomic mass is 10.1. The van der Waals surface area contributed by atoms with Gasteiger partial charge in [0.05, 0.1) is 5.25 Å². The topological polar surface area (TPSA) is 17.1 Å². The van der Waals surface area contributed by atoms with Gasteiger partial charge in [-0.05, 0) is 19.4 Å². The summed E-state index contributed by atoms with van der Waals surface area (Å²) in [7, 11) is -0.731. The molecule has 0 N–H and O–H groups in total. The fourth-order valence-electron chi connectivity index (χ4n) is 1.32. The van der Waals surface area contributed by atoms with E-state index in [-0.39, 0.29) is 5.25 Å². The molecule has 0 saturated heterocycles. The van der Waals surface area contributed by atoms with Crippen LogP contribution in [0, 0.1) is 6.92 Å². The van der Waals surface area contributed by atoms with Gasteiger partial charge in [0.15, 0.2) is 0 Å². The molecule has 1 nitrogen and oxygen atoms in total. The fraction of sp³-hybridized carbons (Fsp3) is 0.455. The Bertz CT molecular complexity index is 307. The van der Waals surface area contributed by atoms with Crippen LogP contribution in [0.15, 0.2) is 24.3 Å². The van der Waals surface area contributed by atoms with Crippen molar-refractivity contribution in [3.63, 3.8) is 0 Å². The molecule has 1 rings (SSSR count). The Morgan fingerprint density at radius 3 is 2.69 bits per heavy atom. The fourth-order valence-corrected chi connectivity index (χ4v) is 2.27. The van der Waals surface area contributed by atoms with E-state index in [9.17, 15) is 4.21 Å². The van der Waals surface area contributed by atoms with E-state index in [1.165, 1.54) is 11.1 Å². The van der Waals surface area contributed by atoms with Crippen molar-refractivity contribution in [3.8, 4) is 0 Å². The predicted molar refractivity (Wildman–Crippen MR) is 58.3 cm³/mol. The number of aryl methyl sites for hydroxylation is 1. The molecule has 72 valence electrons. The molecule has 0 fully saturated rings. The van der Waals surface area contributed by atoms with Gasteiger partial charge >= 0.3 is 0 Å². The highest BCUT2D eigenvalue weighted by atomic mass is 32.2. The Labute approximate surface area is 82.6 Å². The third kappa shape index (κ3) is 2.66. The highest BCUT2D eigenvalue weighted by molar-refractivity contribution is 7.85. The largest absolute Gasteiger partial charge is 0.259 e. The highest BCUT2D eigenvalue weighted by Gasteiger charge is 2.10. The van der Waals surface area contributed by atoms with Crippen molar-refractivity contribution in [1.29, 1.82) is 0 Å². The van der Waals surface area contributed by atoms with Gasteiger partial charge < -0.3 is 0 Å². The zero-order chi connectivity index (χ0) is 9.84. The molecule has 0 heterocycles. The first kappa shape index (κ1) is 10.5. The lowest BCUT2D eigenvalue weighted by Crippen LogP contribution is -2.04. The van der Waals surface area contributed by atoms with Gasteiger partial charge in [-0.2, -0.15) is 0 Å². The van der Waals surface area contributed by atoms with E-state index in [0.717, 1.165) is 5.75 Å². The highest BCUT2D eigenvalue weighted by Crippen LogP contribution is 2.19. The van der Waals surface area contributed by atoms with Crippen LogP contribution in [0.4, 0.5) is 0 Å². The first-order valence-electron chi connectivity index (χ1n) is 4.59. The number of benzene rings is 1. The Balaban J connectivity index is 2.88. The van der Waals surface area contributed by atoms with Crippen LogP contribution in [0.3, 0.4) is 0 Å². The van der Waals surface area contributed by atoms with E-state index in [2.05, 4.69) is 19.1 Å². The SMILES string of the molecule is CCS(=O)C(C)c1cccc(C)c1. The van der Waals surface area contributed by atoms with Crippen LogP contribution in [0.1, 0.15) is 30.2 Å². The summed E-state index contributed by atoms with van der Waals surface area (Å²) in [6.07, 6.45) is 0. The second-order valence-electron chi connectivity index (χ2n) is 3.23. The Morgan fingerprint density at radius 2 is 2.15 bits per heavy atom. The van der Waals surface area contributed by atoms with Crippen molar-refractivity contribution >= 4 is 10.8 Å². The van der Waals surface area contributed by atoms with Crippen LogP contribution in [0.5, 0.6) is 0 Å². The van der Waals surface area contributed by atoms with Crippen molar-refractivity contribution in [2.45, 2.75) is 26.0 Å². The third-order valence-electron chi connectivity index (χ3n) is 2.19. The smallest absolute Gasteiger partial charge is 0.0568 e. The number of rotatable bonds is 3. The van der Waals surface area contributed by atoms with Crippen LogP contribution >= 0.6 is 0 Å². The van der Waals surface area contributed by atoms with Gasteiger partial charge in [-0.15, -0.1) is 0 Å². The lowest BCUT2D eigenvalue weighted by molar-refractivity contribution is 0.676. The van der Waals surface area contributed by atoms with Crippen molar-refractivity contribution in [1.82, 2.24) is 0 Å². The summed E-state index contributed by atoms with van der Waals surface area (Å²) in [6.45, 7) is 6.04. The summed E-state index contributed by atoms with van der Waals surface area (Å²) in [4.78, 5) is 0. The van der Waals surface area contributed by atoms with Gasteiger partial charge in [-0.25, -0.2) is 0 Å². The second-order valence-corrected chi connectivity index (χ2v) is 5.27. The zero-order valence-electron chi connectivity index (χ0n) is 8.41. The quantitative estimate of drug-likeness (QED) is 0.726. The molecule has 0 saturated carbocycles. The lowest BCUT2D eigenvalue weighted by Gasteiger charge is -2.10. The Hall–Kier alpha value is -0.630.